The Morgan fingerprint density at radius 1 is 1.03 bits per heavy atom. The van der Waals surface area contributed by atoms with E-state index in [9.17, 15) is 13.2 Å². The molecule has 10 nitrogen and oxygen atoms in total. The van der Waals surface area contributed by atoms with Crippen molar-refractivity contribution in [2.75, 3.05) is 12.4 Å². The molecule has 3 aromatic heterocycles. The largest absolute Gasteiger partial charge is 0.495 e. The van der Waals surface area contributed by atoms with Crippen molar-refractivity contribution in [1.29, 1.82) is 0 Å². The van der Waals surface area contributed by atoms with E-state index in [1.54, 1.807) is 24.4 Å². The number of aryl methyl sites for hydroxylation is 1. The molecule has 5 rings (SSSR count). The molecule has 0 saturated heterocycles. The number of benzene rings is 2. The quantitative estimate of drug-likeness (QED) is 0.299. The highest BCUT2D eigenvalue weighted by atomic mass is 32.2. The van der Waals surface area contributed by atoms with Crippen molar-refractivity contribution in [3.05, 3.63) is 84.3 Å². The zero-order valence-corrected chi connectivity index (χ0v) is 20.6. The minimum atomic E-state index is -4.09. The van der Waals surface area contributed by atoms with Crippen LogP contribution in [0.5, 0.6) is 5.75 Å². The second-order valence-electron chi connectivity index (χ2n) is 8.35. The van der Waals surface area contributed by atoms with Gasteiger partial charge in [-0.2, -0.15) is 13.5 Å². The molecule has 188 valence electrons. The number of carboxylic acid groups (broad SMARTS) is 1. The number of carboxylic acids is 1. The number of ether oxygens (including phenoxy) is 1. The molecule has 0 radical (unpaired) electrons. The Bertz CT molecular complexity index is 1720. The van der Waals surface area contributed by atoms with Gasteiger partial charge in [0.1, 0.15) is 11.6 Å². The van der Waals surface area contributed by atoms with Crippen LogP contribution >= 0.6 is 0 Å². The molecule has 37 heavy (non-hydrogen) atoms. The predicted octanol–water partition coefficient (Wildman–Crippen LogP) is 3.85. The van der Waals surface area contributed by atoms with Gasteiger partial charge < -0.3 is 15.2 Å². The fraction of sp³-hybridized carbons (Fsp3) is 0.154. The Morgan fingerprint density at radius 2 is 1.78 bits per heavy atom. The maximum Gasteiger partial charge on any atom is 0.303 e. The number of rotatable bonds is 9. The first-order valence-corrected chi connectivity index (χ1v) is 12.9. The van der Waals surface area contributed by atoms with E-state index in [-0.39, 0.29) is 23.4 Å². The van der Waals surface area contributed by atoms with Gasteiger partial charge in [-0.15, -0.1) is 4.09 Å². The maximum atomic E-state index is 13.5. The lowest BCUT2D eigenvalue weighted by Gasteiger charge is -2.09. The van der Waals surface area contributed by atoms with Crippen LogP contribution in [-0.4, -0.2) is 45.8 Å². The summed E-state index contributed by atoms with van der Waals surface area (Å²) in [6.07, 6.45) is 3.05. The van der Waals surface area contributed by atoms with Crippen LogP contribution in [0.2, 0.25) is 0 Å². The molecular weight excluding hydrogens is 494 g/mol. The Labute approximate surface area is 212 Å². The molecule has 0 fully saturated rings. The molecule has 11 heteroatoms. The summed E-state index contributed by atoms with van der Waals surface area (Å²) in [7, 11) is -2.62. The Morgan fingerprint density at radius 3 is 2.51 bits per heavy atom. The summed E-state index contributed by atoms with van der Waals surface area (Å²) in [5, 5.41) is 19.1. The first kappa shape index (κ1) is 24.2. The van der Waals surface area contributed by atoms with Crippen LogP contribution in [0.3, 0.4) is 0 Å². The van der Waals surface area contributed by atoms with E-state index in [0.29, 0.717) is 29.2 Å². The first-order chi connectivity index (χ1) is 17.8. The standard InChI is InChI=1S/C26H23N5O5S/c1-36-20-13-22-23(10-11-25(32)33)30-31(26(22)29-16-20)37(34,35)21-8-6-17(7-9-21)14-27-24-12-18-4-2-3-5-19(18)15-28-24/h2-9,12-13,15-16H,10-11,14H2,1H3,(H,27,28)(H,32,33). The van der Waals surface area contributed by atoms with Crippen LogP contribution in [-0.2, 0) is 27.8 Å². The topological polar surface area (TPSA) is 136 Å². The van der Waals surface area contributed by atoms with Crippen molar-refractivity contribution >= 4 is 43.6 Å². The maximum absolute atomic E-state index is 13.5. The molecule has 5 aromatic rings. The molecule has 0 aliphatic rings. The molecule has 0 atom stereocenters. The van der Waals surface area contributed by atoms with Gasteiger partial charge in [0.25, 0.3) is 10.0 Å². The number of fused-ring (bicyclic) bond motifs is 2. The van der Waals surface area contributed by atoms with Gasteiger partial charge in [-0.05, 0) is 35.2 Å². The van der Waals surface area contributed by atoms with Gasteiger partial charge in [0.05, 0.1) is 30.3 Å². The summed E-state index contributed by atoms with van der Waals surface area (Å²) < 4.78 is 33.0. The van der Waals surface area contributed by atoms with Crippen molar-refractivity contribution in [3.8, 4) is 5.75 Å². The molecule has 0 spiro atoms. The van der Waals surface area contributed by atoms with E-state index in [4.69, 9.17) is 9.84 Å². The van der Waals surface area contributed by atoms with E-state index in [1.807, 2.05) is 30.3 Å². The SMILES string of the molecule is COc1cnc2c(c1)c(CCC(=O)O)nn2S(=O)(=O)c1ccc(CNc2cc3ccccc3cn2)cc1. The van der Waals surface area contributed by atoms with Gasteiger partial charge in [-0.1, -0.05) is 36.4 Å². The number of nitrogens with zero attached hydrogens (tertiary/aromatic N) is 4. The fourth-order valence-electron chi connectivity index (χ4n) is 3.96. The van der Waals surface area contributed by atoms with Gasteiger partial charge >= 0.3 is 5.97 Å². The summed E-state index contributed by atoms with van der Waals surface area (Å²) in [4.78, 5) is 19.8. The summed E-state index contributed by atoms with van der Waals surface area (Å²) in [6.45, 7) is 0.455. The van der Waals surface area contributed by atoms with Crippen molar-refractivity contribution in [1.82, 2.24) is 19.2 Å². The molecule has 2 aromatic carbocycles. The minimum Gasteiger partial charge on any atom is -0.495 e. The molecule has 0 aliphatic carbocycles. The van der Waals surface area contributed by atoms with Crippen molar-refractivity contribution in [2.45, 2.75) is 24.3 Å². The lowest BCUT2D eigenvalue weighted by atomic mass is 10.2. The zero-order chi connectivity index (χ0) is 26.0. The number of hydrogen-bond acceptors (Lipinski definition) is 8. The van der Waals surface area contributed by atoms with Crippen molar-refractivity contribution in [2.24, 2.45) is 0 Å². The van der Waals surface area contributed by atoms with Crippen LogP contribution in [0.15, 0.2) is 78.0 Å². The van der Waals surface area contributed by atoms with Gasteiger partial charge in [0.15, 0.2) is 5.65 Å². The monoisotopic (exact) mass is 517 g/mol. The van der Waals surface area contributed by atoms with Crippen LogP contribution < -0.4 is 10.1 Å². The number of nitrogens with one attached hydrogen (secondary N) is 1. The summed E-state index contributed by atoms with van der Waals surface area (Å²) in [5.74, 6) is 0.122. The lowest BCUT2D eigenvalue weighted by Crippen LogP contribution is -2.15. The van der Waals surface area contributed by atoms with Gasteiger partial charge in [0, 0.05) is 29.9 Å². The van der Waals surface area contributed by atoms with E-state index in [1.165, 1.54) is 25.4 Å². The molecular formula is C26H23N5O5S. The average molecular weight is 518 g/mol. The number of aliphatic carboxylic acids is 1. The third-order valence-corrected chi connectivity index (χ3v) is 7.49. The van der Waals surface area contributed by atoms with Crippen LogP contribution in [0.4, 0.5) is 5.82 Å². The third kappa shape index (κ3) is 4.94. The number of carbonyl (C=O) groups is 1. The highest BCUT2D eigenvalue weighted by Gasteiger charge is 2.24. The third-order valence-electron chi connectivity index (χ3n) is 5.91. The van der Waals surface area contributed by atoms with Gasteiger partial charge in [-0.3, -0.25) is 4.79 Å². The minimum absolute atomic E-state index is 0.0342. The van der Waals surface area contributed by atoms with Crippen molar-refractivity contribution < 1.29 is 23.1 Å². The van der Waals surface area contributed by atoms with Gasteiger partial charge in [-0.25, -0.2) is 9.97 Å². The highest BCUT2D eigenvalue weighted by molar-refractivity contribution is 7.90. The highest BCUT2D eigenvalue weighted by Crippen LogP contribution is 2.26. The molecule has 0 saturated carbocycles. The Kier molecular flexibility index (Phi) is 6.45. The van der Waals surface area contributed by atoms with Crippen LogP contribution in [0.1, 0.15) is 17.7 Å². The summed E-state index contributed by atoms with van der Waals surface area (Å²) in [5.41, 5.74) is 1.29. The molecule has 2 N–H and O–H groups in total. The number of aromatic nitrogens is 4. The molecule has 3 heterocycles. The Hall–Kier alpha value is -4.51. The smallest absolute Gasteiger partial charge is 0.303 e. The second-order valence-corrected chi connectivity index (χ2v) is 10.1. The Balaban J connectivity index is 1.39. The lowest BCUT2D eigenvalue weighted by molar-refractivity contribution is -0.136. The van der Waals surface area contributed by atoms with Crippen molar-refractivity contribution in [3.63, 3.8) is 0 Å². The molecule has 0 bridgehead atoms. The van der Waals surface area contributed by atoms with E-state index < -0.39 is 16.0 Å². The van der Waals surface area contributed by atoms with Gasteiger partial charge in [0.2, 0.25) is 0 Å². The fourth-order valence-corrected chi connectivity index (χ4v) is 5.21. The average Bonchev–Trinajstić information content (AvgIpc) is 3.29. The summed E-state index contributed by atoms with van der Waals surface area (Å²) in [6, 6.07) is 18.0. The van der Waals surface area contributed by atoms with Crippen LogP contribution in [0.25, 0.3) is 21.8 Å². The van der Waals surface area contributed by atoms with E-state index in [2.05, 4.69) is 20.4 Å². The summed E-state index contributed by atoms with van der Waals surface area (Å²) >= 11 is 0. The van der Waals surface area contributed by atoms with Crippen LogP contribution in [0, 0.1) is 0 Å². The molecule has 0 unspecified atom stereocenters. The predicted molar refractivity (Wildman–Crippen MR) is 138 cm³/mol. The normalized spacial score (nSPS) is 11.6. The van der Waals surface area contributed by atoms with E-state index >= 15 is 0 Å². The molecule has 0 aliphatic heterocycles. The number of hydrogen-bond donors (Lipinski definition) is 2. The number of anilines is 1. The zero-order valence-electron chi connectivity index (χ0n) is 19.8. The number of pyridine rings is 2. The van der Waals surface area contributed by atoms with E-state index in [0.717, 1.165) is 20.4 Å². The number of methoxy groups -OCH3 is 1. The second kappa shape index (κ2) is 9.86. The molecule has 0 amide bonds. The first-order valence-electron chi connectivity index (χ1n) is 11.4.